The summed E-state index contributed by atoms with van der Waals surface area (Å²) < 4.78 is 27.3. The zero-order valence-electron chi connectivity index (χ0n) is 10.8. The van der Waals surface area contributed by atoms with Crippen molar-refractivity contribution in [2.45, 2.75) is 43.2 Å². The van der Waals surface area contributed by atoms with Crippen LogP contribution in [0.4, 0.5) is 0 Å². The van der Waals surface area contributed by atoms with Crippen molar-refractivity contribution in [1.82, 2.24) is 9.29 Å². The van der Waals surface area contributed by atoms with Crippen LogP contribution in [-0.4, -0.2) is 35.4 Å². The summed E-state index contributed by atoms with van der Waals surface area (Å²) in [6.07, 6.45) is 1.92. The number of hydrogen-bond donors (Lipinski definition) is 0. The molecule has 0 amide bonds. The van der Waals surface area contributed by atoms with Crippen molar-refractivity contribution in [3.8, 4) is 0 Å². The number of sulfonamides is 1. The highest BCUT2D eigenvalue weighted by atomic mass is 32.2. The quantitative estimate of drug-likeness (QED) is 0.858. The first-order chi connectivity index (χ1) is 8.46. The van der Waals surface area contributed by atoms with Gasteiger partial charge in [0.2, 0.25) is 0 Å². The molecule has 0 aliphatic carbocycles. The van der Waals surface area contributed by atoms with Crippen LogP contribution in [-0.2, 0) is 10.0 Å². The number of nitrogens with zero attached hydrogens (tertiary/aromatic N) is 2. The third-order valence-corrected chi connectivity index (χ3v) is 7.88. The lowest BCUT2D eigenvalue weighted by molar-refractivity contribution is 0.413. The molecule has 4 nitrogen and oxygen atoms in total. The monoisotopic (exact) mass is 306 g/mol. The van der Waals surface area contributed by atoms with E-state index in [-0.39, 0.29) is 5.37 Å². The molecule has 0 N–H and O–H groups in total. The molecule has 1 fully saturated rings. The van der Waals surface area contributed by atoms with Crippen molar-refractivity contribution in [3.63, 3.8) is 0 Å². The van der Waals surface area contributed by atoms with Gasteiger partial charge in [-0.05, 0) is 20.3 Å². The molecule has 1 atom stereocenters. The van der Waals surface area contributed by atoms with Gasteiger partial charge in [-0.1, -0.05) is 13.3 Å². The van der Waals surface area contributed by atoms with Gasteiger partial charge in [0.25, 0.3) is 10.0 Å². The summed E-state index contributed by atoms with van der Waals surface area (Å²) >= 11 is 3.02. The van der Waals surface area contributed by atoms with Crippen LogP contribution in [0.25, 0.3) is 0 Å². The summed E-state index contributed by atoms with van der Waals surface area (Å²) in [5.74, 6) is 0.890. The minimum absolute atomic E-state index is 0.0989. The summed E-state index contributed by atoms with van der Waals surface area (Å²) in [4.78, 5) is 4.23. The lowest BCUT2D eigenvalue weighted by Crippen LogP contribution is -2.34. The molecule has 2 rings (SSSR count). The predicted molar refractivity (Wildman–Crippen MR) is 76.6 cm³/mol. The lowest BCUT2D eigenvalue weighted by Gasteiger charge is -2.22. The number of aromatic nitrogens is 1. The van der Waals surface area contributed by atoms with E-state index in [0.29, 0.717) is 16.4 Å². The maximum Gasteiger partial charge on any atom is 0.255 e. The van der Waals surface area contributed by atoms with E-state index in [2.05, 4.69) is 11.9 Å². The minimum Gasteiger partial charge on any atom is -0.245 e. The van der Waals surface area contributed by atoms with E-state index in [1.807, 2.05) is 6.92 Å². The van der Waals surface area contributed by atoms with Gasteiger partial charge in [0.15, 0.2) is 4.21 Å². The molecule has 0 saturated carbocycles. The Hall–Kier alpha value is -0.110. The van der Waals surface area contributed by atoms with E-state index in [1.165, 1.54) is 11.3 Å². The van der Waals surface area contributed by atoms with Gasteiger partial charge in [0.1, 0.15) is 0 Å². The van der Waals surface area contributed by atoms with Crippen LogP contribution in [0.1, 0.15) is 30.5 Å². The molecule has 0 spiro atoms. The van der Waals surface area contributed by atoms with Gasteiger partial charge in [-0.3, -0.25) is 0 Å². The molecular weight excluding hydrogens is 288 g/mol. The van der Waals surface area contributed by atoms with Crippen molar-refractivity contribution < 1.29 is 8.42 Å². The van der Waals surface area contributed by atoms with Crippen LogP contribution in [0, 0.1) is 13.8 Å². The SMILES string of the molecule is CCCC1SCCN1S(=O)(=O)c1sc(C)nc1C. The molecule has 1 aliphatic heterocycles. The van der Waals surface area contributed by atoms with Gasteiger partial charge in [0.05, 0.1) is 16.1 Å². The molecule has 1 aromatic heterocycles. The van der Waals surface area contributed by atoms with Crippen LogP contribution in [0.2, 0.25) is 0 Å². The molecule has 0 aromatic carbocycles. The third kappa shape index (κ3) is 2.59. The molecule has 0 bridgehead atoms. The number of aryl methyl sites for hydroxylation is 2. The Morgan fingerprint density at radius 2 is 2.17 bits per heavy atom. The first kappa shape index (κ1) is 14.3. The van der Waals surface area contributed by atoms with Gasteiger partial charge >= 0.3 is 0 Å². The summed E-state index contributed by atoms with van der Waals surface area (Å²) in [6, 6.07) is 0. The smallest absolute Gasteiger partial charge is 0.245 e. The van der Waals surface area contributed by atoms with Gasteiger partial charge in [-0.2, -0.15) is 4.31 Å². The van der Waals surface area contributed by atoms with Gasteiger partial charge < -0.3 is 0 Å². The maximum absolute atomic E-state index is 12.6. The van der Waals surface area contributed by atoms with Gasteiger partial charge in [0, 0.05) is 12.3 Å². The van der Waals surface area contributed by atoms with E-state index in [4.69, 9.17) is 0 Å². The summed E-state index contributed by atoms with van der Waals surface area (Å²) in [6.45, 7) is 6.33. The molecule has 0 radical (unpaired) electrons. The Morgan fingerprint density at radius 3 is 2.72 bits per heavy atom. The van der Waals surface area contributed by atoms with E-state index < -0.39 is 10.0 Å². The second-order valence-corrected chi connectivity index (χ2v) is 8.91. The van der Waals surface area contributed by atoms with E-state index >= 15 is 0 Å². The standard InChI is InChI=1S/C11H18N2O2S3/c1-4-5-10-13(6-7-16-10)18(14,15)11-8(2)12-9(3)17-11/h10H,4-7H2,1-3H3. The molecule has 7 heteroatoms. The Bertz CT molecular complexity index is 524. The van der Waals surface area contributed by atoms with Crippen molar-refractivity contribution in [3.05, 3.63) is 10.7 Å². The van der Waals surface area contributed by atoms with Crippen molar-refractivity contribution >= 4 is 33.1 Å². The number of rotatable bonds is 4. The molecule has 1 saturated heterocycles. The fourth-order valence-electron chi connectivity index (χ4n) is 2.11. The molecule has 1 aromatic rings. The van der Waals surface area contributed by atoms with Crippen LogP contribution < -0.4 is 0 Å². The first-order valence-corrected chi connectivity index (χ1v) is 9.34. The fourth-order valence-corrected chi connectivity index (χ4v) is 7.09. The van der Waals surface area contributed by atoms with Crippen molar-refractivity contribution in [2.75, 3.05) is 12.3 Å². The van der Waals surface area contributed by atoms with Crippen LogP contribution in [0.5, 0.6) is 0 Å². The topological polar surface area (TPSA) is 50.3 Å². The highest BCUT2D eigenvalue weighted by Crippen LogP contribution is 2.35. The van der Waals surface area contributed by atoms with Crippen molar-refractivity contribution in [2.24, 2.45) is 0 Å². The first-order valence-electron chi connectivity index (χ1n) is 6.04. The van der Waals surface area contributed by atoms with Gasteiger partial charge in [-0.25, -0.2) is 13.4 Å². The Morgan fingerprint density at radius 1 is 1.44 bits per heavy atom. The average molecular weight is 306 g/mol. The number of thioether (sulfide) groups is 1. The van der Waals surface area contributed by atoms with Crippen LogP contribution >= 0.6 is 23.1 Å². The zero-order valence-corrected chi connectivity index (χ0v) is 13.3. The summed E-state index contributed by atoms with van der Waals surface area (Å²) in [5.41, 5.74) is 0.629. The van der Waals surface area contributed by atoms with E-state index in [1.54, 1.807) is 23.0 Å². The molecule has 2 heterocycles. The van der Waals surface area contributed by atoms with Crippen LogP contribution in [0.15, 0.2) is 4.21 Å². The highest BCUT2D eigenvalue weighted by Gasteiger charge is 2.37. The van der Waals surface area contributed by atoms with Crippen LogP contribution in [0.3, 0.4) is 0 Å². The molecular formula is C11H18N2O2S3. The maximum atomic E-state index is 12.6. The Balaban J connectivity index is 2.33. The number of hydrogen-bond acceptors (Lipinski definition) is 5. The second kappa shape index (κ2) is 5.48. The third-order valence-electron chi connectivity index (χ3n) is 2.88. The lowest BCUT2D eigenvalue weighted by atomic mass is 10.3. The fraction of sp³-hybridized carbons (Fsp3) is 0.727. The molecule has 18 heavy (non-hydrogen) atoms. The normalized spacial score (nSPS) is 21.6. The van der Waals surface area contributed by atoms with Crippen molar-refractivity contribution in [1.29, 1.82) is 0 Å². The number of thiazole rings is 1. The minimum atomic E-state index is -3.35. The predicted octanol–water partition coefficient (Wildman–Crippen LogP) is 2.62. The summed E-state index contributed by atoms with van der Waals surface area (Å²) in [7, 11) is -3.35. The van der Waals surface area contributed by atoms with Gasteiger partial charge in [-0.15, -0.1) is 23.1 Å². The Labute approximate surface area is 117 Å². The molecule has 1 unspecified atom stereocenters. The molecule has 1 aliphatic rings. The zero-order chi connectivity index (χ0) is 13.3. The van der Waals surface area contributed by atoms with E-state index in [0.717, 1.165) is 23.6 Å². The van der Waals surface area contributed by atoms with E-state index in [9.17, 15) is 8.42 Å². The summed E-state index contributed by atoms with van der Waals surface area (Å²) in [5, 5.41) is 0.909. The highest BCUT2D eigenvalue weighted by molar-refractivity contribution is 8.01. The molecule has 102 valence electrons. The Kier molecular flexibility index (Phi) is 4.36. The average Bonchev–Trinajstić information content (AvgIpc) is 2.86. The largest absolute Gasteiger partial charge is 0.255 e. The second-order valence-electron chi connectivity index (χ2n) is 4.34.